The van der Waals surface area contributed by atoms with Gasteiger partial charge in [0.15, 0.2) is 6.10 Å². The molecule has 1 aliphatic rings. The fourth-order valence-electron chi connectivity index (χ4n) is 3.12. The number of carbonyl (C=O) groups excluding carboxylic acids is 2. The number of anilines is 1. The van der Waals surface area contributed by atoms with Crippen LogP contribution in [0.4, 0.5) is 5.69 Å². The molecule has 0 aliphatic carbocycles. The third-order valence-corrected chi connectivity index (χ3v) is 6.17. The zero-order chi connectivity index (χ0) is 19.7. The van der Waals surface area contributed by atoms with Gasteiger partial charge in [-0.3, -0.25) is 9.59 Å². The first-order chi connectivity index (χ1) is 13.6. The van der Waals surface area contributed by atoms with E-state index >= 15 is 0 Å². The Morgan fingerprint density at radius 1 is 1.21 bits per heavy atom. The van der Waals surface area contributed by atoms with Crippen molar-refractivity contribution in [1.82, 2.24) is 5.32 Å². The molecule has 0 spiro atoms. The number of nitrogens with one attached hydrogen (secondary N) is 1. The summed E-state index contributed by atoms with van der Waals surface area (Å²) in [7, 11) is 1.54. The largest absolute Gasteiger partial charge is 0.477 e. The van der Waals surface area contributed by atoms with Crippen LogP contribution in [0.15, 0.2) is 54.6 Å². The third-order valence-electron chi connectivity index (χ3n) is 4.52. The van der Waals surface area contributed by atoms with E-state index in [1.165, 1.54) is 17.4 Å². The summed E-state index contributed by atoms with van der Waals surface area (Å²) in [4.78, 5) is 27.4. The SMILES string of the molecule is CNC(=O)[C@H]1CN(C(=O)/C=C/c2sc3ccccc3c2Cl)c2ccccc2O1. The van der Waals surface area contributed by atoms with Crippen molar-refractivity contribution in [2.24, 2.45) is 0 Å². The molecule has 2 amide bonds. The van der Waals surface area contributed by atoms with E-state index in [1.54, 1.807) is 36.2 Å². The molecule has 1 N–H and O–H groups in total. The number of fused-ring (bicyclic) bond motifs is 2. The molecule has 142 valence electrons. The minimum atomic E-state index is -0.759. The fourth-order valence-corrected chi connectivity index (χ4v) is 4.52. The Balaban J connectivity index is 1.63. The van der Waals surface area contributed by atoms with Crippen molar-refractivity contribution in [2.45, 2.75) is 6.10 Å². The number of ether oxygens (including phenoxy) is 1. The molecule has 1 aromatic heterocycles. The van der Waals surface area contributed by atoms with Crippen molar-refractivity contribution < 1.29 is 14.3 Å². The predicted octanol–water partition coefficient (Wildman–Crippen LogP) is 4.11. The van der Waals surface area contributed by atoms with E-state index in [9.17, 15) is 9.59 Å². The van der Waals surface area contributed by atoms with Crippen molar-refractivity contribution in [3.63, 3.8) is 0 Å². The molecular formula is C21H17ClN2O3S. The van der Waals surface area contributed by atoms with Crippen LogP contribution >= 0.6 is 22.9 Å². The molecule has 2 heterocycles. The number of para-hydroxylation sites is 2. The van der Waals surface area contributed by atoms with E-state index in [2.05, 4.69) is 5.32 Å². The molecule has 0 bridgehead atoms. The molecule has 0 unspecified atom stereocenters. The van der Waals surface area contributed by atoms with Gasteiger partial charge in [-0.15, -0.1) is 11.3 Å². The summed E-state index contributed by atoms with van der Waals surface area (Å²) in [6.07, 6.45) is 2.45. The lowest BCUT2D eigenvalue weighted by Crippen LogP contribution is -2.49. The van der Waals surface area contributed by atoms with E-state index < -0.39 is 6.10 Å². The molecule has 2 aromatic carbocycles. The highest BCUT2D eigenvalue weighted by atomic mass is 35.5. The van der Waals surface area contributed by atoms with Crippen LogP contribution < -0.4 is 15.0 Å². The zero-order valence-corrected chi connectivity index (χ0v) is 16.6. The number of thiophene rings is 1. The van der Waals surface area contributed by atoms with Gasteiger partial charge in [-0.2, -0.15) is 0 Å². The van der Waals surface area contributed by atoms with Crippen molar-refractivity contribution in [1.29, 1.82) is 0 Å². The first-order valence-electron chi connectivity index (χ1n) is 8.72. The number of likely N-dealkylation sites (N-methyl/N-ethyl adjacent to an activating group) is 1. The standard InChI is InChI=1S/C21H17ClN2O3S/c1-23-21(26)16-12-24(14-7-3-4-8-15(14)27-16)19(25)11-10-18-20(22)13-6-2-5-9-17(13)28-18/h2-11,16H,12H2,1H3,(H,23,26)/b11-10+/t16-/m1/s1. The monoisotopic (exact) mass is 412 g/mol. The Kier molecular flexibility index (Phi) is 5.07. The van der Waals surface area contributed by atoms with E-state index in [0.29, 0.717) is 16.5 Å². The van der Waals surface area contributed by atoms with Crippen LogP contribution in [0.2, 0.25) is 5.02 Å². The average Bonchev–Trinajstić information content (AvgIpc) is 3.06. The second kappa shape index (κ2) is 7.66. The molecule has 3 aromatic rings. The summed E-state index contributed by atoms with van der Waals surface area (Å²) < 4.78 is 6.80. The van der Waals surface area contributed by atoms with Crippen molar-refractivity contribution >= 4 is 56.6 Å². The molecule has 0 fully saturated rings. The first-order valence-corrected chi connectivity index (χ1v) is 9.92. The zero-order valence-electron chi connectivity index (χ0n) is 15.0. The summed E-state index contributed by atoms with van der Waals surface area (Å²) in [5.41, 5.74) is 0.639. The molecule has 0 saturated carbocycles. The molecule has 5 nitrogen and oxygen atoms in total. The molecular weight excluding hydrogens is 396 g/mol. The van der Waals surface area contributed by atoms with Gasteiger partial charge in [0.25, 0.3) is 11.8 Å². The van der Waals surface area contributed by atoms with Gasteiger partial charge in [-0.1, -0.05) is 41.9 Å². The summed E-state index contributed by atoms with van der Waals surface area (Å²) in [6, 6.07) is 15.0. The van der Waals surface area contributed by atoms with Crippen LogP contribution in [0, 0.1) is 0 Å². The lowest BCUT2D eigenvalue weighted by molar-refractivity contribution is -0.127. The highest BCUT2D eigenvalue weighted by molar-refractivity contribution is 7.20. The van der Waals surface area contributed by atoms with Gasteiger partial charge in [0.1, 0.15) is 5.75 Å². The molecule has 0 saturated heterocycles. The van der Waals surface area contributed by atoms with Gasteiger partial charge < -0.3 is 15.0 Å². The molecule has 28 heavy (non-hydrogen) atoms. The van der Waals surface area contributed by atoms with Gasteiger partial charge in [0, 0.05) is 28.1 Å². The van der Waals surface area contributed by atoms with Gasteiger partial charge in [-0.25, -0.2) is 0 Å². The smallest absolute Gasteiger partial charge is 0.262 e. The van der Waals surface area contributed by atoms with Gasteiger partial charge in [0.2, 0.25) is 0 Å². The quantitative estimate of drug-likeness (QED) is 0.658. The fraction of sp³-hybridized carbons (Fsp3) is 0.143. The molecule has 0 radical (unpaired) electrons. The Bertz CT molecular complexity index is 1090. The van der Waals surface area contributed by atoms with Crippen LogP contribution in [-0.4, -0.2) is 31.5 Å². The first kappa shape index (κ1) is 18.5. The molecule has 1 aliphatic heterocycles. The van der Waals surface area contributed by atoms with Gasteiger partial charge in [0.05, 0.1) is 17.3 Å². The Morgan fingerprint density at radius 2 is 1.96 bits per heavy atom. The molecule has 4 rings (SSSR count). The lowest BCUT2D eigenvalue weighted by Gasteiger charge is -2.33. The second-order valence-corrected chi connectivity index (χ2v) is 7.71. The van der Waals surface area contributed by atoms with Crippen LogP contribution in [0.1, 0.15) is 4.88 Å². The van der Waals surface area contributed by atoms with E-state index in [0.717, 1.165) is 15.0 Å². The van der Waals surface area contributed by atoms with Crippen LogP contribution in [0.5, 0.6) is 5.75 Å². The summed E-state index contributed by atoms with van der Waals surface area (Å²) >= 11 is 7.98. The number of carbonyl (C=O) groups is 2. The second-order valence-electron chi connectivity index (χ2n) is 6.25. The van der Waals surface area contributed by atoms with Crippen LogP contribution in [-0.2, 0) is 9.59 Å². The maximum atomic E-state index is 12.9. The van der Waals surface area contributed by atoms with Crippen LogP contribution in [0.25, 0.3) is 16.2 Å². The lowest BCUT2D eigenvalue weighted by atomic mass is 10.1. The molecule has 7 heteroatoms. The minimum Gasteiger partial charge on any atom is -0.477 e. The normalized spacial score (nSPS) is 16.1. The topological polar surface area (TPSA) is 58.6 Å². The summed E-state index contributed by atoms with van der Waals surface area (Å²) in [5, 5.41) is 4.17. The minimum absolute atomic E-state index is 0.139. The molecule has 1 atom stereocenters. The highest BCUT2D eigenvalue weighted by Crippen LogP contribution is 2.37. The van der Waals surface area contributed by atoms with Crippen molar-refractivity contribution in [3.8, 4) is 5.75 Å². The third kappa shape index (κ3) is 3.37. The number of rotatable bonds is 3. The van der Waals surface area contributed by atoms with Crippen molar-refractivity contribution in [2.75, 3.05) is 18.5 Å². The van der Waals surface area contributed by atoms with Gasteiger partial charge >= 0.3 is 0 Å². The predicted molar refractivity (Wildman–Crippen MR) is 113 cm³/mol. The Labute approximate surface area is 171 Å². The summed E-state index contributed by atoms with van der Waals surface area (Å²) in [6.45, 7) is 0.139. The maximum absolute atomic E-state index is 12.9. The van der Waals surface area contributed by atoms with E-state index in [4.69, 9.17) is 16.3 Å². The number of amides is 2. The van der Waals surface area contributed by atoms with Crippen LogP contribution in [0.3, 0.4) is 0 Å². The number of nitrogens with zero attached hydrogens (tertiary/aromatic N) is 1. The Hall–Kier alpha value is -2.83. The average molecular weight is 413 g/mol. The van der Waals surface area contributed by atoms with E-state index in [1.807, 2.05) is 30.3 Å². The van der Waals surface area contributed by atoms with Crippen molar-refractivity contribution in [3.05, 3.63) is 64.5 Å². The summed E-state index contributed by atoms with van der Waals surface area (Å²) in [5.74, 6) is -0.00833. The number of halogens is 1. The highest BCUT2D eigenvalue weighted by Gasteiger charge is 2.32. The van der Waals surface area contributed by atoms with Gasteiger partial charge in [-0.05, 0) is 24.3 Å². The van der Waals surface area contributed by atoms with E-state index in [-0.39, 0.29) is 18.4 Å². The maximum Gasteiger partial charge on any atom is 0.262 e. The Morgan fingerprint density at radius 3 is 2.75 bits per heavy atom. The number of hydrogen-bond donors (Lipinski definition) is 1. The number of hydrogen-bond acceptors (Lipinski definition) is 4. The number of benzene rings is 2.